The van der Waals surface area contributed by atoms with Crippen LogP contribution in [0.25, 0.3) is 0 Å². The van der Waals surface area contributed by atoms with E-state index in [2.05, 4.69) is 38.1 Å². The summed E-state index contributed by atoms with van der Waals surface area (Å²) in [4.78, 5) is 8.14. The molecule has 1 aliphatic rings. The molecule has 0 spiro atoms. The maximum atomic E-state index is 12.8. The minimum absolute atomic E-state index is 0.139. The summed E-state index contributed by atoms with van der Waals surface area (Å²) in [5, 5.41) is 19.7. The third-order valence-corrected chi connectivity index (χ3v) is 6.81. The zero-order chi connectivity index (χ0) is 27.5. The molecule has 12 heteroatoms. The first kappa shape index (κ1) is 33.0. The van der Waals surface area contributed by atoms with Crippen molar-refractivity contribution in [2.24, 2.45) is 21.6 Å². The monoisotopic (exact) mass is 545 g/mol. The van der Waals surface area contributed by atoms with Crippen LogP contribution in [-0.4, -0.2) is 56.0 Å². The highest BCUT2D eigenvalue weighted by atomic mass is 31.1. The van der Waals surface area contributed by atoms with E-state index >= 15 is 0 Å². The highest BCUT2D eigenvalue weighted by Gasteiger charge is 2.28. The summed E-state index contributed by atoms with van der Waals surface area (Å²) in [6.45, 7) is 10.1. The Morgan fingerprint density at radius 2 is 1.92 bits per heavy atom. The second kappa shape index (κ2) is 19.1. The Morgan fingerprint density at radius 3 is 2.54 bits per heavy atom. The molecule has 7 N–H and O–H groups in total. The molecule has 2 rings (SSSR count). The van der Waals surface area contributed by atoms with Gasteiger partial charge in [0.2, 0.25) is 0 Å². The Bertz CT molecular complexity index is 829. The molecule has 0 saturated heterocycles. The summed E-state index contributed by atoms with van der Waals surface area (Å²) in [6.07, 6.45) is 6.66. The fourth-order valence-corrected chi connectivity index (χ4v) is 4.78. The molecule has 0 aliphatic heterocycles. The average molecular weight is 546 g/mol. The number of halogens is 3. The smallest absolute Gasteiger partial charge is 0.368 e. The lowest BCUT2D eigenvalue weighted by atomic mass is 9.86. The number of hydrogen-bond donors (Lipinski definition) is 6. The molecule has 0 aromatic heterocycles. The highest BCUT2D eigenvalue weighted by Crippen LogP contribution is 2.36. The topological polar surface area (TPSA) is 119 Å². The fourth-order valence-electron chi connectivity index (χ4n) is 3.97. The number of aliphatic imine (C=N–C) groups is 2. The maximum Gasteiger partial charge on any atom is 0.406 e. The number of benzene rings is 1. The van der Waals surface area contributed by atoms with Crippen LogP contribution >= 0.6 is 8.58 Å². The van der Waals surface area contributed by atoms with E-state index < -0.39 is 14.5 Å². The van der Waals surface area contributed by atoms with Crippen LogP contribution in [0, 0.1) is 5.92 Å². The van der Waals surface area contributed by atoms with E-state index in [1.165, 1.54) is 12.3 Å². The lowest BCUT2D eigenvalue weighted by Crippen LogP contribution is -2.39. The van der Waals surface area contributed by atoms with Crippen molar-refractivity contribution in [3.63, 3.8) is 0 Å². The third kappa shape index (κ3) is 13.9. The van der Waals surface area contributed by atoms with Crippen LogP contribution in [0.3, 0.4) is 0 Å². The van der Waals surface area contributed by atoms with E-state index in [0.717, 1.165) is 38.6 Å². The first-order valence-corrected chi connectivity index (χ1v) is 13.8. The number of rotatable bonds is 14. The zero-order valence-electron chi connectivity index (χ0n) is 21.9. The van der Waals surface area contributed by atoms with Crippen molar-refractivity contribution in [1.29, 1.82) is 0 Å². The van der Waals surface area contributed by atoms with Crippen LogP contribution in [0.1, 0.15) is 51.5 Å². The van der Waals surface area contributed by atoms with Gasteiger partial charge in [0.05, 0.1) is 12.9 Å². The van der Waals surface area contributed by atoms with Crippen LogP contribution in [0.2, 0.25) is 0 Å². The predicted octanol–water partition coefficient (Wildman–Crippen LogP) is 3.59. The molecule has 1 saturated carbocycles. The van der Waals surface area contributed by atoms with Crippen LogP contribution in [-0.2, 0) is 6.54 Å². The number of nitrogens with zero attached hydrogens (tertiary/aromatic N) is 2. The lowest BCUT2D eigenvalue weighted by Gasteiger charge is -2.29. The summed E-state index contributed by atoms with van der Waals surface area (Å²) >= 11 is 0. The van der Waals surface area contributed by atoms with Gasteiger partial charge in [0.15, 0.2) is 0 Å². The molecule has 1 aromatic carbocycles. The normalized spacial score (nSPS) is 18.9. The molecule has 1 atom stereocenters. The van der Waals surface area contributed by atoms with E-state index in [-0.39, 0.29) is 24.2 Å². The Balaban J connectivity index is 0.00000334. The zero-order valence-corrected chi connectivity index (χ0v) is 22.9. The van der Waals surface area contributed by atoms with Gasteiger partial charge >= 0.3 is 5.92 Å². The van der Waals surface area contributed by atoms with E-state index in [1.807, 2.05) is 13.8 Å². The quantitative estimate of drug-likeness (QED) is 0.0699. The van der Waals surface area contributed by atoms with E-state index in [0.29, 0.717) is 36.4 Å². The molecular weight excluding hydrogens is 502 g/mol. The van der Waals surface area contributed by atoms with E-state index in [1.54, 1.807) is 18.2 Å². The molecular formula is C25H43F3N7OP. The molecule has 0 heterocycles. The molecule has 1 unspecified atom stereocenters. The first-order valence-electron chi connectivity index (χ1n) is 12.8. The largest absolute Gasteiger partial charge is 0.406 e. The highest BCUT2D eigenvalue weighted by molar-refractivity contribution is 7.48. The number of hydrogen-bond acceptors (Lipinski definition) is 7. The summed E-state index contributed by atoms with van der Waals surface area (Å²) in [5.41, 5.74) is 8.47. The molecule has 8 nitrogen and oxygen atoms in total. The van der Waals surface area contributed by atoms with Crippen LogP contribution in [0.15, 0.2) is 46.1 Å². The van der Waals surface area contributed by atoms with Gasteiger partial charge in [0, 0.05) is 27.7 Å². The fraction of sp³-hybridized carbons (Fsp3) is 0.600. The molecule has 0 radical (unpaired) electrons. The second-order valence-electron chi connectivity index (χ2n) is 8.40. The van der Waals surface area contributed by atoms with Gasteiger partial charge in [0.1, 0.15) is 11.5 Å². The van der Waals surface area contributed by atoms with Gasteiger partial charge < -0.3 is 16.4 Å². The summed E-state index contributed by atoms with van der Waals surface area (Å²) in [6, 6.07) is 7.01. The second-order valence-corrected chi connectivity index (χ2v) is 9.76. The predicted molar refractivity (Wildman–Crippen MR) is 149 cm³/mol. The maximum absolute atomic E-state index is 12.8. The van der Waals surface area contributed by atoms with Gasteiger partial charge in [-0.05, 0) is 68.7 Å². The van der Waals surface area contributed by atoms with Crippen molar-refractivity contribution >= 4 is 26.4 Å². The average Bonchev–Trinajstić information content (AvgIpc) is 2.89. The van der Waals surface area contributed by atoms with Gasteiger partial charge in [-0.1, -0.05) is 38.1 Å². The Labute approximate surface area is 220 Å². The van der Waals surface area contributed by atoms with Crippen molar-refractivity contribution in [3.8, 4) is 0 Å². The van der Waals surface area contributed by atoms with Gasteiger partial charge in [-0.3, -0.25) is 26.0 Å². The summed E-state index contributed by atoms with van der Waals surface area (Å²) in [5.74, 6) is -3.37. The Hall–Kier alpha value is -2.04. The Morgan fingerprint density at radius 1 is 1.22 bits per heavy atom. The first-order chi connectivity index (χ1) is 17.9. The number of nitrogens with two attached hydrogens (primary N) is 1. The van der Waals surface area contributed by atoms with Crippen LogP contribution in [0.4, 0.5) is 13.2 Å². The standard InChI is InChI=1S/C23H37F3N7OP.C2H6/c1-28-15-20(33-34)22(31-13-17-7-9-19(10-8-17)30-12-4-11-27)32-16-29-14-18-5-2-3-6-21(18)35-23(24,25)26;1-2/h2-3,5-6,15,17,19,29-30,33-35H,1,4,7-14,16,27H2,(H,31,32);1-2H3/b20-15+;. The molecule has 1 aliphatic carbocycles. The van der Waals surface area contributed by atoms with Gasteiger partial charge in [-0.25, -0.2) is 0 Å². The molecule has 37 heavy (non-hydrogen) atoms. The third-order valence-electron chi connectivity index (χ3n) is 5.77. The summed E-state index contributed by atoms with van der Waals surface area (Å²) < 4.78 is 38.5. The number of amidine groups is 1. The van der Waals surface area contributed by atoms with Crippen LogP contribution in [0.5, 0.6) is 0 Å². The van der Waals surface area contributed by atoms with Crippen molar-refractivity contribution in [2.75, 3.05) is 26.3 Å². The van der Waals surface area contributed by atoms with Crippen LogP contribution < -0.4 is 32.5 Å². The van der Waals surface area contributed by atoms with Crippen molar-refractivity contribution < 1.29 is 18.4 Å². The summed E-state index contributed by atoms with van der Waals surface area (Å²) in [7, 11) is -1.25. The van der Waals surface area contributed by atoms with Gasteiger partial charge in [0.25, 0.3) is 0 Å². The SMILES string of the molecule is C=N/C=C(NO)\C(=N/CNCc1ccccc1PC(F)(F)F)NCC1CCC(NCCCN)CC1.CC. The van der Waals surface area contributed by atoms with Crippen molar-refractivity contribution in [1.82, 2.24) is 21.4 Å². The molecule has 1 aromatic rings. The number of nitrogens with one attached hydrogen (secondary N) is 4. The minimum atomic E-state index is -4.24. The van der Waals surface area contributed by atoms with Crippen molar-refractivity contribution in [2.45, 2.75) is 64.5 Å². The van der Waals surface area contributed by atoms with Crippen molar-refractivity contribution in [3.05, 3.63) is 41.7 Å². The number of hydroxylamine groups is 1. The van der Waals surface area contributed by atoms with Gasteiger partial charge in [-0.15, -0.1) is 0 Å². The number of alkyl halides is 3. The lowest BCUT2D eigenvalue weighted by molar-refractivity contribution is -0.0359. The minimum Gasteiger partial charge on any atom is -0.368 e. The van der Waals surface area contributed by atoms with E-state index in [4.69, 9.17) is 5.73 Å². The molecule has 1 fully saturated rings. The molecule has 210 valence electrons. The van der Waals surface area contributed by atoms with E-state index in [9.17, 15) is 18.4 Å². The van der Waals surface area contributed by atoms with Gasteiger partial charge in [-0.2, -0.15) is 13.2 Å². The Kier molecular flexibility index (Phi) is 17.0. The molecule has 0 bridgehead atoms. The molecule has 0 amide bonds.